The summed E-state index contributed by atoms with van der Waals surface area (Å²) < 4.78 is 2.09. The second kappa shape index (κ2) is 3.88. The average molecular weight is 204 g/mol. The summed E-state index contributed by atoms with van der Waals surface area (Å²) in [6.45, 7) is 2.06. The van der Waals surface area contributed by atoms with Gasteiger partial charge in [-0.25, -0.2) is 4.98 Å². The summed E-state index contributed by atoms with van der Waals surface area (Å²) in [5, 5.41) is 1.04. The van der Waals surface area contributed by atoms with Crippen molar-refractivity contribution in [2.75, 3.05) is 0 Å². The summed E-state index contributed by atoms with van der Waals surface area (Å²) in [5.41, 5.74) is 1.18. The van der Waals surface area contributed by atoms with Crippen molar-refractivity contribution in [2.45, 2.75) is 17.0 Å². The van der Waals surface area contributed by atoms with Crippen LogP contribution in [0.1, 0.15) is 5.69 Å². The maximum absolute atomic E-state index is 4.34. The summed E-state index contributed by atoms with van der Waals surface area (Å²) in [6, 6.07) is 10.3. The van der Waals surface area contributed by atoms with E-state index in [1.54, 1.807) is 11.8 Å². The Balaban J connectivity index is 2.23. The van der Waals surface area contributed by atoms with Crippen molar-refractivity contribution in [3.63, 3.8) is 0 Å². The Morgan fingerprint density at radius 2 is 1.93 bits per heavy atom. The molecular weight excluding hydrogens is 192 g/mol. The average Bonchev–Trinajstić information content (AvgIpc) is 2.52. The van der Waals surface area contributed by atoms with Crippen molar-refractivity contribution in [3.8, 4) is 0 Å². The van der Waals surface area contributed by atoms with Gasteiger partial charge in [-0.1, -0.05) is 30.0 Å². The fourth-order valence-corrected chi connectivity index (χ4v) is 2.05. The van der Waals surface area contributed by atoms with Gasteiger partial charge >= 0.3 is 0 Å². The van der Waals surface area contributed by atoms with Crippen molar-refractivity contribution < 1.29 is 0 Å². The summed E-state index contributed by atoms with van der Waals surface area (Å²) in [5.74, 6) is 0. The van der Waals surface area contributed by atoms with E-state index in [1.807, 2.05) is 31.4 Å². The Morgan fingerprint density at radius 1 is 1.21 bits per heavy atom. The molecule has 0 unspecified atom stereocenters. The largest absolute Gasteiger partial charge is 0.326 e. The SMILES string of the molecule is Cc1cnc(Sc2ccccc2)n1C. The minimum Gasteiger partial charge on any atom is -0.326 e. The molecule has 2 nitrogen and oxygen atoms in total. The van der Waals surface area contributed by atoms with Crippen LogP contribution in [0.5, 0.6) is 0 Å². The smallest absolute Gasteiger partial charge is 0.172 e. The van der Waals surface area contributed by atoms with E-state index in [0.29, 0.717) is 0 Å². The van der Waals surface area contributed by atoms with E-state index in [-0.39, 0.29) is 0 Å². The first-order chi connectivity index (χ1) is 6.77. The summed E-state index contributed by atoms with van der Waals surface area (Å²) in [7, 11) is 2.04. The van der Waals surface area contributed by atoms with Crippen molar-refractivity contribution >= 4 is 11.8 Å². The number of benzene rings is 1. The third kappa shape index (κ3) is 1.82. The zero-order chi connectivity index (χ0) is 9.97. The van der Waals surface area contributed by atoms with E-state index in [0.717, 1.165) is 5.16 Å². The number of imidazole rings is 1. The molecular formula is C11H12N2S. The van der Waals surface area contributed by atoms with Gasteiger partial charge in [0.15, 0.2) is 5.16 Å². The predicted molar refractivity (Wildman–Crippen MR) is 58.5 cm³/mol. The quantitative estimate of drug-likeness (QED) is 0.748. The van der Waals surface area contributed by atoms with Crippen LogP contribution in [-0.2, 0) is 7.05 Å². The Bertz CT molecular complexity index is 420. The van der Waals surface area contributed by atoms with Gasteiger partial charge in [-0.3, -0.25) is 0 Å². The number of aryl methyl sites for hydroxylation is 1. The standard InChI is InChI=1S/C11H12N2S/c1-9-8-12-11(13(9)2)14-10-6-4-3-5-7-10/h3-8H,1-2H3. The molecule has 0 radical (unpaired) electrons. The second-order valence-corrected chi connectivity index (χ2v) is 4.20. The van der Waals surface area contributed by atoms with Gasteiger partial charge in [0.2, 0.25) is 0 Å². The van der Waals surface area contributed by atoms with Crippen LogP contribution >= 0.6 is 11.8 Å². The molecule has 0 atom stereocenters. The normalized spacial score (nSPS) is 10.4. The van der Waals surface area contributed by atoms with Gasteiger partial charge in [0.25, 0.3) is 0 Å². The molecule has 3 heteroatoms. The lowest BCUT2D eigenvalue weighted by molar-refractivity contribution is 0.766. The molecule has 0 spiro atoms. The van der Waals surface area contributed by atoms with Crippen LogP contribution in [0.3, 0.4) is 0 Å². The van der Waals surface area contributed by atoms with Gasteiger partial charge in [0, 0.05) is 23.8 Å². The van der Waals surface area contributed by atoms with E-state index in [4.69, 9.17) is 0 Å². The number of aromatic nitrogens is 2. The highest BCUT2D eigenvalue weighted by Crippen LogP contribution is 2.25. The maximum Gasteiger partial charge on any atom is 0.172 e. The van der Waals surface area contributed by atoms with E-state index in [9.17, 15) is 0 Å². The molecule has 0 saturated heterocycles. The number of nitrogens with zero attached hydrogens (tertiary/aromatic N) is 2. The molecule has 1 aromatic carbocycles. The molecule has 0 N–H and O–H groups in total. The van der Waals surface area contributed by atoms with Crippen molar-refractivity contribution in [1.82, 2.24) is 9.55 Å². The lowest BCUT2D eigenvalue weighted by Gasteiger charge is -2.02. The Kier molecular flexibility index (Phi) is 2.59. The van der Waals surface area contributed by atoms with E-state index >= 15 is 0 Å². The van der Waals surface area contributed by atoms with Crippen LogP contribution in [0, 0.1) is 6.92 Å². The second-order valence-electron chi connectivity index (χ2n) is 3.16. The van der Waals surface area contributed by atoms with Crippen molar-refractivity contribution in [1.29, 1.82) is 0 Å². The number of hydrogen-bond acceptors (Lipinski definition) is 2. The highest BCUT2D eigenvalue weighted by atomic mass is 32.2. The van der Waals surface area contributed by atoms with Gasteiger partial charge in [0.1, 0.15) is 0 Å². The Labute approximate surface area is 88.0 Å². The molecule has 0 bridgehead atoms. The van der Waals surface area contributed by atoms with Gasteiger partial charge in [-0.2, -0.15) is 0 Å². The Morgan fingerprint density at radius 3 is 2.50 bits per heavy atom. The lowest BCUT2D eigenvalue weighted by atomic mass is 10.4. The molecule has 0 aliphatic heterocycles. The molecule has 14 heavy (non-hydrogen) atoms. The zero-order valence-corrected chi connectivity index (χ0v) is 9.08. The first-order valence-electron chi connectivity index (χ1n) is 4.48. The van der Waals surface area contributed by atoms with Gasteiger partial charge in [-0.15, -0.1) is 0 Å². The number of rotatable bonds is 2. The number of hydrogen-bond donors (Lipinski definition) is 0. The van der Waals surface area contributed by atoms with Crippen LogP contribution in [0.15, 0.2) is 46.6 Å². The molecule has 1 heterocycles. The van der Waals surface area contributed by atoms with E-state index in [1.165, 1.54) is 10.6 Å². The van der Waals surface area contributed by atoms with Crippen LogP contribution in [0.2, 0.25) is 0 Å². The predicted octanol–water partition coefficient (Wildman–Crippen LogP) is 2.88. The third-order valence-electron chi connectivity index (χ3n) is 2.13. The summed E-state index contributed by atoms with van der Waals surface area (Å²) in [4.78, 5) is 5.56. The minimum atomic E-state index is 1.04. The highest BCUT2D eigenvalue weighted by molar-refractivity contribution is 7.99. The molecule has 0 saturated carbocycles. The monoisotopic (exact) mass is 204 g/mol. The van der Waals surface area contributed by atoms with E-state index in [2.05, 4.69) is 28.6 Å². The van der Waals surface area contributed by atoms with Crippen LogP contribution < -0.4 is 0 Å². The topological polar surface area (TPSA) is 17.8 Å². The van der Waals surface area contributed by atoms with Crippen LogP contribution in [-0.4, -0.2) is 9.55 Å². The zero-order valence-electron chi connectivity index (χ0n) is 8.27. The van der Waals surface area contributed by atoms with E-state index < -0.39 is 0 Å². The van der Waals surface area contributed by atoms with Crippen LogP contribution in [0.4, 0.5) is 0 Å². The third-order valence-corrected chi connectivity index (χ3v) is 3.20. The molecule has 0 fully saturated rings. The fraction of sp³-hybridized carbons (Fsp3) is 0.182. The molecule has 0 aliphatic carbocycles. The Hall–Kier alpha value is -1.22. The molecule has 2 aromatic rings. The first kappa shape index (κ1) is 9.34. The minimum absolute atomic E-state index is 1.04. The molecule has 0 aliphatic rings. The molecule has 2 rings (SSSR count). The van der Waals surface area contributed by atoms with Crippen molar-refractivity contribution in [2.24, 2.45) is 7.05 Å². The summed E-state index contributed by atoms with van der Waals surface area (Å²) in [6.07, 6.45) is 1.89. The maximum atomic E-state index is 4.34. The molecule has 0 amide bonds. The summed E-state index contributed by atoms with van der Waals surface area (Å²) >= 11 is 1.69. The molecule has 72 valence electrons. The molecule has 1 aromatic heterocycles. The van der Waals surface area contributed by atoms with Crippen molar-refractivity contribution in [3.05, 3.63) is 42.2 Å². The first-order valence-corrected chi connectivity index (χ1v) is 5.30. The fourth-order valence-electron chi connectivity index (χ4n) is 1.16. The van der Waals surface area contributed by atoms with Gasteiger partial charge in [0.05, 0.1) is 0 Å². The van der Waals surface area contributed by atoms with Gasteiger partial charge in [-0.05, 0) is 19.1 Å². The lowest BCUT2D eigenvalue weighted by Crippen LogP contribution is -1.92. The van der Waals surface area contributed by atoms with Crippen LogP contribution in [0.25, 0.3) is 0 Å². The highest BCUT2D eigenvalue weighted by Gasteiger charge is 2.03. The van der Waals surface area contributed by atoms with Gasteiger partial charge < -0.3 is 4.57 Å².